The predicted molar refractivity (Wildman–Crippen MR) is 118 cm³/mol. The molecule has 150 valence electrons. The summed E-state index contributed by atoms with van der Waals surface area (Å²) in [5, 5.41) is 4.78. The molecule has 0 unspecified atom stereocenters. The van der Waals surface area contributed by atoms with Crippen molar-refractivity contribution in [3.63, 3.8) is 0 Å². The first kappa shape index (κ1) is 20.6. The van der Waals surface area contributed by atoms with Gasteiger partial charge in [-0.2, -0.15) is 5.10 Å². The highest BCUT2D eigenvalue weighted by molar-refractivity contribution is 6.32. The molecule has 0 aliphatic rings. The molecule has 0 radical (unpaired) electrons. The van der Waals surface area contributed by atoms with Gasteiger partial charge in [0.05, 0.1) is 30.6 Å². The zero-order chi connectivity index (χ0) is 20.5. The Balaban J connectivity index is 1.67. The maximum atomic E-state index is 6.13. The lowest BCUT2D eigenvalue weighted by Gasteiger charge is -2.12. The van der Waals surface area contributed by atoms with Crippen LogP contribution < -0.4 is 19.6 Å². The van der Waals surface area contributed by atoms with Crippen molar-refractivity contribution in [2.75, 3.05) is 19.1 Å². The van der Waals surface area contributed by atoms with E-state index in [9.17, 15) is 0 Å². The minimum atomic E-state index is 0.480. The molecule has 0 saturated heterocycles. The van der Waals surface area contributed by atoms with Gasteiger partial charge in [0.15, 0.2) is 11.5 Å². The molecule has 29 heavy (non-hydrogen) atoms. The highest BCUT2D eigenvalue weighted by atomic mass is 35.5. The lowest BCUT2D eigenvalue weighted by atomic mass is 10.2. The van der Waals surface area contributed by atoms with Crippen molar-refractivity contribution in [1.82, 2.24) is 0 Å². The van der Waals surface area contributed by atoms with Crippen LogP contribution in [0.25, 0.3) is 0 Å². The van der Waals surface area contributed by atoms with Gasteiger partial charge in [-0.25, -0.2) is 0 Å². The van der Waals surface area contributed by atoms with E-state index in [2.05, 4.69) is 10.5 Å². The SMILES string of the molecule is CCOc1cc(/C=N/Nc2ccc(OC)c(Cl)c2)ccc1OCc1ccccc1. The monoisotopic (exact) mass is 410 g/mol. The Morgan fingerprint density at radius 2 is 1.72 bits per heavy atom. The summed E-state index contributed by atoms with van der Waals surface area (Å²) in [4.78, 5) is 0. The molecule has 0 saturated carbocycles. The van der Waals surface area contributed by atoms with Crippen molar-refractivity contribution in [3.05, 3.63) is 82.9 Å². The fourth-order valence-corrected chi connectivity index (χ4v) is 2.90. The third-order valence-electron chi connectivity index (χ3n) is 4.06. The summed E-state index contributed by atoms with van der Waals surface area (Å²) >= 11 is 6.13. The van der Waals surface area contributed by atoms with E-state index in [1.807, 2.05) is 61.5 Å². The van der Waals surface area contributed by atoms with E-state index < -0.39 is 0 Å². The number of benzene rings is 3. The summed E-state index contributed by atoms with van der Waals surface area (Å²) in [5.41, 5.74) is 5.70. The molecule has 0 aliphatic heterocycles. The van der Waals surface area contributed by atoms with Crippen molar-refractivity contribution < 1.29 is 14.2 Å². The molecule has 0 heterocycles. The van der Waals surface area contributed by atoms with Crippen LogP contribution >= 0.6 is 11.6 Å². The van der Waals surface area contributed by atoms with Gasteiger partial charge in [-0.15, -0.1) is 0 Å². The molecular weight excluding hydrogens is 388 g/mol. The molecule has 0 aliphatic carbocycles. The van der Waals surface area contributed by atoms with Crippen LogP contribution in [0.3, 0.4) is 0 Å². The van der Waals surface area contributed by atoms with Crippen LogP contribution in [0.5, 0.6) is 17.2 Å². The molecule has 6 heteroatoms. The fourth-order valence-electron chi connectivity index (χ4n) is 2.65. The van der Waals surface area contributed by atoms with Gasteiger partial charge in [0.2, 0.25) is 0 Å². The molecule has 0 fully saturated rings. The molecule has 5 nitrogen and oxygen atoms in total. The van der Waals surface area contributed by atoms with Crippen LogP contribution in [-0.2, 0) is 6.61 Å². The maximum absolute atomic E-state index is 6.13. The van der Waals surface area contributed by atoms with Crippen molar-refractivity contribution in [3.8, 4) is 17.2 Å². The number of ether oxygens (including phenoxy) is 3. The van der Waals surface area contributed by atoms with Gasteiger partial charge in [-0.3, -0.25) is 5.43 Å². The van der Waals surface area contributed by atoms with E-state index in [1.54, 1.807) is 25.5 Å². The normalized spacial score (nSPS) is 10.7. The summed E-state index contributed by atoms with van der Waals surface area (Å²) in [6, 6.07) is 21.1. The molecule has 0 atom stereocenters. The minimum Gasteiger partial charge on any atom is -0.495 e. The van der Waals surface area contributed by atoms with Crippen LogP contribution in [0.1, 0.15) is 18.1 Å². The largest absolute Gasteiger partial charge is 0.495 e. The number of methoxy groups -OCH3 is 1. The number of hydrogen-bond acceptors (Lipinski definition) is 5. The Morgan fingerprint density at radius 3 is 2.45 bits per heavy atom. The van der Waals surface area contributed by atoms with Crippen molar-refractivity contribution in [2.24, 2.45) is 5.10 Å². The summed E-state index contributed by atoms with van der Waals surface area (Å²) in [6.45, 7) is 2.97. The van der Waals surface area contributed by atoms with Crippen molar-refractivity contribution in [1.29, 1.82) is 0 Å². The number of anilines is 1. The Bertz CT molecular complexity index is 962. The topological polar surface area (TPSA) is 52.1 Å². The van der Waals surface area contributed by atoms with Gasteiger partial charge in [0.1, 0.15) is 12.4 Å². The number of hydrogen-bond donors (Lipinski definition) is 1. The Labute approximate surface area is 175 Å². The number of nitrogens with zero attached hydrogens (tertiary/aromatic N) is 1. The molecule has 0 bridgehead atoms. The zero-order valence-corrected chi connectivity index (χ0v) is 17.1. The maximum Gasteiger partial charge on any atom is 0.161 e. The highest BCUT2D eigenvalue weighted by Gasteiger charge is 2.07. The second-order valence-electron chi connectivity index (χ2n) is 6.13. The van der Waals surface area contributed by atoms with E-state index in [1.165, 1.54) is 0 Å². The van der Waals surface area contributed by atoms with Crippen LogP contribution in [0.4, 0.5) is 5.69 Å². The Morgan fingerprint density at radius 1 is 0.931 bits per heavy atom. The summed E-state index contributed by atoms with van der Waals surface area (Å²) in [7, 11) is 1.58. The number of hydrazone groups is 1. The summed E-state index contributed by atoms with van der Waals surface area (Å²) in [6.07, 6.45) is 1.71. The number of halogens is 1. The lowest BCUT2D eigenvalue weighted by molar-refractivity contribution is 0.269. The van der Waals surface area contributed by atoms with E-state index >= 15 is 0 Å². The highest BCUT2D eigenvalue weighted by Crippen LogP contribution is 2.29. The average Bonchev–Trinajstić information content (AvgIpc) is 2.74. The predicted octanol–water partition coefficient (Wildman–Crippen LogP) is 5.77. The minimum absolute atomic E-state index is 0.480. The molecule has 3 aromatic carbocycles. The molecular formula is C23H23ClN2O3. The first-order valence-corrected chi connectivity index (χ1v) is 9.63. The van der Waals surface area contributed by atoms with Crippen LogP contribution in [0, 0.1) is 0 Å². The molecule has 0 aromatic heterocycles. The van der Waals surface area contributed by atoms with E-state index in [4.69, 9.17) is 25.8 Å². The second kappa shape index (κ2) is 10.4. The second-order valence-corrected chi connectivity index (χ2v) is 6.54. The number of nitrogens with one attached hydrogen (secondary N) is 1. The zero-order valence-electron chi connectivity index (χ0n) is 16.4. The first-order valence-electron chi connectivity index (χ1n) is 9.25. The van der Waals surface area contributed by atoms with Crippen molar-refractivity contribution >= 4 is 23.5 Å². The van der Waals surface area contributed by atoms with Gasteiger partial charge in [-0.05, 0) is 54.4 Å². The van der Waals surface area contributed by atoms with Crippen LogP contribution in [0.15, 0.2) is 71.8 Å². The quantitative estimate of drug-likeness (QED) is 0.359. The van der Waals surface area contributed by atoms with Crippen LogP contribution in [0.2, 0.25) is 5.02 Å². The molecule has 0 spiro atoms. The van der Waals surface area contributed by atoms with E-state index in [0.29, 0.717) is 35.5 Å². The fraction of sp³-hybridized carbons (Fsp3) is 0.174. The first-order chi connectivity index (χ1) is 14.2. The molecule has 0 amide bonds. The smallest absolute Gasteiger partial charge is 0.161 e. The Kier molecular flexibility index (Phi) is 7.36. The third-order valence-corrected chi connectivity index (χ3v) is 4.36. The van der Waals surface area contributed by atoms with Gasteiger partial charge in [-0.1, -0.05) is 41.9 Å². The van der Waals surface area contributed by atoms with Gasteiger partial charge < -0.3 is 14.2 Å². The van der Waals surface area contributed by atoms with Crippen LogP contribution in [-0.4, -0.2) is 19.9 Å². The molecule has 1 N–H and O–H groups in total. The van der Waals surface area contributed by atoms with Gasteiger partial charge >= 0.3 is 0 Å². The number of rotatable bonds is 9. The summed E-state index contributed by atoms with van der Waals surface area (Å²) < 4.78 is 16.8. The molecule has 3 rings (SSSR count). The van der Waals surface area contributed by atoms with E-state index in [-0.39, 0.29) is 0 Å². The third kappa shape index (κ3) is 5.90. The summed E-state index contributed by atoms with van der Waals surface area (Å²) in [5.74, 6) is 2.00. The average molecular weight is 411 g/mol. The molecule has 3 aromatic rings. The Hall–Kier alpha value is -3.18. The lowest BCUT2D eigenvalue weighted by Crippen LogP contribution is -2.00. The van der Waals surface area contributed by atoms with E-state index in [0.717, 1.165) is 16.8 Å². The standard InChI is InChI=1S/C23H23ClN2O3/c1-3-28-23-13-18(9-11-22(23)29-16-17-7-5-4-6-8-17)15-25-26-19-10-12-21(27-2)20(24)14-19/h4-15,26H,3,16H2,1-2H3/b25-15+. The van der Waals surface area contributed by atoms with Gasteiger partial charge in [0, 0.05) is 0 Å². The van der Waals surface area contributed by atoms with Crippen molar-refractivity contribution in [2.45, 2.75) is 13.5 Å². The van der Waals surface area contributed by atoms with Gasteiger partial charge in [0.25, 0.3) is 0 Å².